The van der Waals surface area contributed by atoms with Crippen molar-refractivity contribution in [3.63, 3.8) is 0 Å². The van der Waals surface area contributed by atoms with Gasteiger partial charge < -0.3 is 4.42 Å². The van der Waals surface area contributed by atoms with Crippen LogP contribution in [0.1, 0.15) is 32.3 Å². The van der Waals surface area contributed by atoms with Crippen LogP contribution in [0.3, 0.4) is 0 Å². The summed E-state index contributed by atoms with van der Waals surface area (Å²) < 4.78 is 6.61. The summed E-state index contributed by atoms with van der Waals surface area (Å²) in [6.45, 7) is 6.71. The summed E-state index contributed by atoms with van der Waals surface area (Å²) in [6.07, 6.45) is 1.76. The van der Waals surface area contributed by atoms with Crippen LogP contribution in [-0.2, 0) is 6.54 Å². The quantitative estimate of drug-likeness (QED) is 0.756. The van der Waals surface area contributed by atoms with Crippen LogP contribution in [-0.4, -0.2) is 9.55 Å². The van der Waals surface area contributed by atoms with Crippen molar-refractivity contribution >= 4 is 11.2 Å². The van der Waals surface area contributed by atoms with Crippen LogP contribution in [0.4, 0.5) is 0 Å². The molecule has 0 fully saturated rings. The summed E-state index contributed by atoms with van der Waals surface area (Å²) in [5.41, 5.74) is 2.32. The zero-order valence-electron chi connectivity index (χ0n) is 9.15. The Hall–Kier alpha value is -1.58. The molecule has 0 saturated heterocycles. The average Bonchev–Trinajstić information content (AvgIpc) is 2.51. The molecule has 0 aliphatic heterocycles. The molecule has 0 spiro atoms. The van der Waals surface area contributed by atoms with Crippen molar-refractivity contribution in [1.82, 2.24) is 9.55 Å². The molecule has 0 N–H and O–H groups in total. The highest BCUT2D eigenvalue weighted by Crippen LogP contribution is 2.18. The van der Waals surface area contributed by atoms with Crippen LogP contribution in [0, 0.1) is 0 Å². The highest BCUT2D eigenvalue weighted by Gasteiger charge is 2.10. The molecule has 2 aromatic rings. The van der Waals surface area contributed by atoms with Gasteiger partial charge in [0.05, 0.1) is 0 Å². The molecule has 0 amide bonds. The molecule has 0 unspecified atom stereocenters. The van der Waals surface area contributed by atoms with E-state index >= 15 is 0 Å². The molecule has 0 aromatic carbocycles. The summed E-state index contributed by atoms with van der Waals surface area (Å²) in [5, 5.41) is 0. The maximum Gasteiger partial charge on any atom is 0.421 e. The second-order valence-electron chi connectivity index (χ2n) is 3.86. The standard InChI is InChI=1S/C11H14N2O2/c1-4-13-9-5-8(7(2)3)6-12-10(9)15-11(13)14/h5-7H,4H2,1-3H3. The minimum atomic E-state index is -0.332. The first-order valence-corrected chi connectivity index (χ1v) is 5.12. The number of fused-ring (bicyclic) bond motifs is 1. The molecule has 0 bridgehead atoms. The van der Waals surface area contributed by atoms with Gasteiger partial charge in [-0.3, -0.25) is 4.57 Å². The Kier molecular flexibility index (Phi) is 2.34. The van der Waals surface area contributed by atoms with Crippen molar-refractivity contribution in [2.24, 2.45) is 0 Å². The van der Waals surface area contributed by atoms with Crippen molar-refractivity contribution in [2.45, 2.75) is 33.2 Å². The van der Waals surface area contributed by atoms with E-state index in [0.717, 1.165) is 11.1 Å². The molecule has 0 saturated carbocycles. The van der Waals surface area contributed by atoms with Crippen LogP contribution < -0.4 is 5.76 Å². The van der Waals surface area contributed by atoms with Gasteiger partial charge in [-0.1, -0.05) is 13.8 Å². The first-order chi connectivity index (χ1) is 7.13. The molecule has 15 heavy (non-hydrogen) atoms. The molecular formula is C11H14N2O2. The van der Waals surface area contributed by atoms with Gasteiger partial charge in [0.1, 0.15) is 5.52 Å². The molecule has 2 rings (SSSR count). The fraction of sp³-hybridized carbons (Fsp3) is 0.455. The summed E-state index contributed by atoms with van der Waals surface area (Å²) in [7, 11) is 0. The smallest absolute Gasteiger partial charge is 0.389 e. The van der Waals surface area contributed by atoms with Gasteiger partial charge in [0, 0.05) is 12.7 Å². The third kappa shape index (κ3) is 1.56. The summed E-state index contributed by atoms with van der Waals surface area (Å²) in [6, 6.07) is 1.97. The van der Waals surface area contributed by atoms with Gasteiger partial charge in [0.15, 0.2) is 0 Å². The maximum atomic E-state index is 11.4. The summed E-state index contributed by atoms with van der Waals surface area (Å²) in [4.78, 5) is 15.6. The third-order valence-electron chi connectivity index (χ3n) is 2.53. The zero-order valence-corrected chi connectivity index (χ0v) is 9.15. The number of aromatic nitrogens is 2. The molecule has 0 radical (unpaired) electrons. The number of aryl methyl sites for hydroxylation is 1. The Morgan fingerprint density at radius 3 is 2.87 bits per heavy atom. The lowest BCUT2D eigenvalue weighted by atomic mass is 10.1. The van der Waals surface area contributed by atoms with E-state index < -0.39 is 0 Å². The minimum absolute atomic E-state index is 0.332. The molecule has 0 aliphatic rings. The monoisotopic (exact) mass is 206 g/mol. The molecule has 2 aromatic heterocycles. The van der Waals surface area contributed by atoms with Gasteiger partial charge in [-0.15, -0.1) is 0 Å². The predicted octanol–water partition coefficient (Wildman–Crippen LogP) is 2.13. The van der Waals surface area contributed by atoms with Crippen molar-refractivity contribution in [2.75, 3.05) is 0 Å². The average molecular weight is 206 g/mol. The van der Waals surface area contributed by atoms with E-state index in [1.54, 1.807) is 10.8 Å². The normalized spacial score (nSPS) is 11.5. The van der Waals surface area contributed by atoms with E-state index in [-0.39, 0.29) is 5.76 Å². The highest BCUT2D eigenvalue weighted by atomic mass is 16.4. The molecular weight excluding hydrogens is 192 g/mol. The van der Waals surface area contributed by atoms with Crippen LogP contribution in [0.5, 0.6) is 0 Å². The number of oxazole rings is 1. The molecule has 80 valence electrons. The lowest BCUT2D eigenvalue weighted by Crippen LogP contribution is -2.12. The van der Waals surface area contributed by atoms with E-state index in [0.29, 0.717) is 18.2 Å². The van der Waals surface area contributed by atoms with E-state index in [1.807, 2.05) is 13.0 Å². The lowest BCUT2D eigenvalue weighted by molar-refractivity contribution is 0.506. The molecule has 4 nitrogen and oxygen atoms in total. The van der Waals surface area contributed by atoms with Crippen molar-refractivity contribution in [1.29, 1.82) is 0 Å². The van der Waals surface area contributed by atoms with Gasteiger partial charge in [-0.25, -0.2) is 9.78 Å². The number of pyridine rings is 1. The van der Waals surface area contributed by atoms with E-state index in [9.17, 15) is 4.79 Å². The van der Waals surface area contributed by atoms with Crippen LogP contribution >= 0.6 is 0 Å². The minimum Gasteiger partial charge on any atom is -0.389 e. The fourth-order valence-corrected chi connectivity index (χ4v) is 1.58. The Balaban J connectivity index is 2.73. The van der Waals surface area contributed by atoms with Crippen molar-refractivity contribution < 1.29 is 4.42 Å². The van der Waals surface area contributed by atoms with Gasteiger partial charge in [-0.05, 0) is 24.5 Å². The number of nitrogens with zero attached hydrogens (tertiary/aromatic N) is 2. The Bertz CT molecular complexity index is 537. The Morgan fingerprint density at radius 2 is 2.27 bits per heavy atom. The zero-order chi connectivity index (χ0) is 11.0. The predicted molar refractivity (Wildman–Crippen MR) is 58.0 cm³/mol. The lowest BCUT2D eigenvalue weighted by Gasteiger charge is -2.04. The first kappa shape index (κ1) is 9.96. The van der Waals surface area contributed by atoms with Gasteiger partial charge >= 0.3 is 5.76 Å². The van der Waals surface area contributed by atoms with Crippen molar-refractivity contribution in [3.8, 4) is 0 Å². The second-order valence-corrected chi connectivity index (χ2v) is 3.86. The van der Waals surface area contributed by atoms with Crippen LogP contribution in [0.15, 0.2) is 21.5 Å². The molecule has 0 aliphatic carbocycles. The largest absolute Gasteiger partial charge is 0.421 e. The Labute approximate surface area is 87.5 Å². The third-order valence-corrected chi connectivity index (χ3v) is 2.53. The fourth-order valence-electron chi connectivity index (χ4n) is 1.58. The first-order valence-electron chi connectivity index (χ1n) is 5.12. The summed E-state index contributed by atoms with van der Waals surface area (Å²) in [5.74, 6) is 0.0677. The van der Waals surface area contributed by atoms with E-state index in [4.69, 9.17) is 4.42 Å². The van der Waals surface area contributed by atoms with Gasteiger partial charge in [0.25, 0.3) is 0 Å². The van der Waals surface area contributed by atoms with Gasteiger partial charge in [0.2, 0.25) is 5.71 Å². The number of rotatable bonds is 2. The Morgan fingerprint density at radius 1 is 1.53 bits per heavy atom. The van der Waals surface area contributed by atoms with Crippen LogP contribution in [0.2, 0.25) is 0 Å². The topological polar surface area (TPSA) is 48.0 Å². The second kappa shape index (κ2) is 3.53. The highest BCUT2D eigenvalue weighted by molar-refractivity contribution is 5.69. The molecule has 0 atom stereocenters. The molecule has 4 heteroatoms. The molecule has 2 heterocycles. The van der Waals surface area contributed by atoms with E-state index in [1.165, 1.54) is 0 Å². The van der Waals surface area contributed by atoms with Crippen molar-refractivity contribution in [3.05, 3.63) is 28.4 Å². The number of hydrogen-bond donors (Lipinski definition) is 0. The number of hydrogen-bond acceptors (Lipinski definition) is 3. The van der Waals surface area contributed by atoms with Gasteiger partial charge in [-0.2, -0.15) is 0 Å². The maximum absolute atomic E-state index is 11.4. The summed E-state index contributed by atoms with van der Waals surface area (Å²) >= 11 is 0. The SMILES string of the molecule is CCn1c(=O)oc2ncc(C(C)C)cc21. The van der Waals surface area contributed by atoms with E-state index in [2.05, 4.69) is 18.8 Å². The van der Waals surface area contributed by atoms with Crippen LogP contribution in [0.25, 0.3) is 11.2 Å².